The first-order valence-corrected chi connectivity index (χ1v) is 4.17. The van der Waals surface area contributed by atoms with Crippen LogP contribution in [0.2, 0.25) is 0 Å². The Hall–Kier alpha value is -1.64. The lowest BCUT2D eigenvalue weighted by molar-refractivity contribution is -0.137. The lowest BCUT2D eigenvalue weighted by Gasteiger charge is -2.02. The third kappa shape index (κ3) is 2.19. The standard InChI is InChI=1S/C11H11FO2/c1-8(10(12)11(13)14-2)9-6-4-3-5-7-9/h3-7H,1-2H3/b10-8-. The smallest absolute Gasteiger partial charge is 0.367 e. The third-order valence-electron chi connectivity index (χ3n) is 1.90. The van der Waals surface area contributed by atoms with Crippen LogP contribution in [-0.4, -0.2) is 13.1 Å². The van der Waals surface area contributed by atoms with E-state index in [1.165, 1.54) is 0 Å². The monoisotopic (exact) mass is 194 g/mol. The summed E-state index contributed by atoms with van der Waals surface area (Å²) in [5, 5.41) is 0. The van der Waals surface area contributed by atoms with E-state index in [1.807, 2.05) is 6.07 Å². The van der Waals surface area contributed by atoms with Crippen molar-refractivity contribution in [1.29, 1.82) is 0 Å². The third-order valence-corrected chi connectivity index (χ3v) is 1.90. The Morgan fingerprint density at radius 3 is 2.36 bits per heavy atom. The van der Waals surface area contributed by atoms with E-state index in [9.17, 15) is 9.18 Å². The largest absolute Gasteiger partial charge is 0.464 e. The zero-order valence-corrected chi connectivity index (χ0v) is 8.08. The van der Waals surface area contributed by atoms with Crippen LogP contribution < -0.4 is 0 Å². The molecule has 1 rings (SSSR count). The average Bonchev–Trinajstić information content (AvgIpc) is 2.27. The second-order valence-corrected chi connectivity index (χ2v) is 2.80. The van der Waals surface area contributed by atoms with Gasteiger partial charge in [-0.1, -0.05) is 30.3 Å². The molecule has 0 unspecified atom stereocenters. The van der Waals surface area contributed by atoms with E-state index >= 15 is 0 Å². The molecule has 0 amide bonds. The molecule has 14 heavy (non-hydrogen) atoms. The van der Waals surface area contributed by atoms with Gasteiger partial charge < -0.3 is 4.74 Å². The molecule has 0 saturated carbocycles. The molecule has 0 aliphatic carbocycles. The van der Waals surface area contributed by atoms with Crippen molar-refractivity contribution in [3.63, 3.8) is 0 Å². The molecule has 0 spiro atoms. The molecule has 0 aliphatic heterocycles. The summed E-state index contributed by atoms with van der Waals surface area (Å²) in [5.74, 6) is -1.79. The SMILES string of the molecule is COC(=O)/C(F)=C(\C)c1ccccc1. The summed E-state index contributed by atoms with van der Waals surface area (Å²) >= 11 is 0. The highest BCUT2D eigenvalue weighted by Gasteiger charge is 2.13. The molecule has 0 bridgehead atoms. The first-order valence-electron chi connectivity index (χ1n) is 4.17. The summed E-state index contributed by atoms with van der Waals surface area (Å²) in [7, 11) is 1.15. The maximum atomic E-state index is 13.3. The van der Waals surface area contributed by atoms with E-state index in [0.29, 0.717) is 5.56 Å². The number of methoxy groups -OCH3 is 1. The van der Waals surface area contributed by atoms with Gasteiger partial charge >= 0.3 is 5.97 Å². The number of benzene rings is 1. The van der Waals surface area contributed by atoms with Crippen molar-refractivity contribution >= 4 is 11.5 Å². The molecule has 0 atom stereocenters. The molecule has 0 saturated heterocycles. The van der Waals surface area contributed by atoms with E-state index in [0.717, 1.165) is 7.11 Å². The van der Waals surface area contributed by atoms with Crippen molar-refractivity contribution < 1.29 is 13.9 Å². The van der Waals surface area contributed by atoms with Crippen molar-refractivity contribution in [2.24, 2.45) is 0 Å². The van der Waals surface area contributed by atoms with Crippen LogP contribution in [0.4, 0.5) is 4.39 Å². The van der Waals surface area contributed by atoms with Crippen LogP contribution in [0, 0.1) is 0 Å². The topological polar surface area (TPSA) is 26.3 Å². The van der Waals surface area contributed by atoms with Gasteiger partial charge in [0, 0.05) is 0 Å². The summed E-state index contributed by atoms with van der Waals surface area (Å²) in [5.41, 5.74) is 0.966. The molecule has 0 aromatic heterocycles. The Morgan fingerprint density at radius 2 is 1.86 bits per heavy atom. The molecule has 0 aliphatic rings. The first-order chi connectivity index (χ1) is 6.66. The van der Waals surface area contributed by atoms with E-state index in [2.05, 4.69) is 4.74 Å². The van der Waals surface area contributed by atoms with E-state index < -0.39 is 11.8 Å². The predicted octanol–water partition coefficient (Wildman–Crippen LogP) is 2.56. The van der Waals surface area contributed by atoms with Crippen molar-refractivity contribution in [3.05, 3.63) is 41.7 Å². The van der Waals surface area contributed by atoms with Crippen LogP contribution in [-0.2, 0) is 9.53 Å². The molecule has 74 valence electrons. The number of hydrogen-bond donors (Lipinski definition) is 0. The van der Waals surface area contributed by atoms with Crippen LogP contribution in [0.15, 0.2) is 36.2 Å². The molecular weight excluding hydrogens is 183 g/mol. The molecule has 0 heterocycles. The number of allylic oxidation sites excluding steroid dienone is 1. The lowest BCUT2D eigenvalue weighted by Crippen LogP contribution is -2.02. The maximum absolute atomic E-state index is 13.3. The summed E-state index contributed by atoms with van der Waals surface area (Å²) in [4.78, 5) is 10.9. The normalized spacial score (nSPS) is 11.9. The second-order valence-electron chi connectivity index (χ2n) is 2.80. The number of carbonyl (C=O) groups excluding carboxylic acids is 1. The predicted molar refractivity (Wildman–Crippen MR) is 52.2 cm³/mol. The molecule has 2 nitrogen and oxygen atoms in total. The number of halogens is 1. The Morgan fingerprint density at radius 1 is 1.29 bits per heavy atom. The van der Waals surface area contributed by atoms with Crippen molar-refractivity contribution in [2.45, 2.75) is 6.92 Å². The Labute approximate surface area is 82.0 Å². The molecule has 1 aromatic rings. The minimum atomic E-state index is -0.939. The van der Waals surface area contributed by atoms with Gasteiger partial charge in [-0.2, -0.15) is 4.39 Å². The van der Waals surface area contributed by atoms with Gasteiger partial charge in [-0.05, 0) is 18.1 Å². The van der Waals surface area contributed by atoms with Gasteiger partial charge in [-0.15, -0.1) is 0 Å². The van der Waals surface area contributed by atoms with E-state index in [4.69, 9.17) is 0 Å². The molecule has 0 fully saturated rings. The summed E-state index contributed by atoms with van der Waals surface area (Å²) in [6.45, 7) is 1.54. The van der Waals surface area contributed by atoms with Gasteiger partial charge in [0.1, 0.15) is 0 Å². The number of rotatable bonds is 2. The first kappa shape index (κ1) is 10.4. The Balaban J connectivity index is 3.05. The lowest BCUT2D eigenvalue weighted by atomic mass is 10.1. The van der Waals surface area contributed by atoms with E-state index in [1.54, 1.807) is 31.2 Å². The van der Waals surface area contributed by atoms with Gasteiger partial charge in [-0.3, -0.25) is 0 Å². The van der Waals surface area contributed by atoms with Crippen LogP contribution >= 0.6 is 0 Å². The number of ether oxygens (including phenoxy) is 1. The molecule has 0 N–H and O–H groups in total. The fourth-order valence-corrected chi connectivity index (χ4v) is 1.06. The minimum absolute atomic E-state index is 0.289. The summed E-state index contributed by atoms with van der Waals surface area (Å²) in [6, 6.07) is 8.86. The maximum Gasteiger partial charge on any atom is 0.367 e. The van der Waals surface area contributed by atoms with Crippen LogP contribution in [0.3, 0.4) is 0 Å². The van der Waals surface area contributed by atoms with E-state index in [-0.39, 0.29) is 5.57 Å². The van der Waals surface area contributed by atoms with Gasteiger partial charge in [0.05, 0.1) is 7.11 Å². The van der Waals surface area contributed by atoms with Crippen molar-refractivity contribution in [1.82, 2.24) is 0 Å². The number of esters is 1. The van der Waals surface area contributed by atoms with Crippen LogP contribution in [0.1, 0.15) is 12.5 Å². The van der Waals surface area contributed by atoms with Crippen molar-refractivity contribution in [3.8, 4) is 0 Å². The second kappa shape index (κ2) is 4.56. The van der Waals surface area contributed by atoms with Gasteiger partial charge in [0.2, 0.25) is 5.83 Å². The average molecular weight is 194 g/mol. The summed E-state index contributed by atoms with van der Waals surface area (Å²) in [6.07, 6.45) is 0. The van der Waals surface area contributed by atoms with Gasteiger partial charge in [0.25, 0.3) is 0 Å². The fourth-order valence-electron chi connectivity index (χ4n) is 1.06. The molecule has 0 radical (unpaired) electrons. The summed E-state index contributed by atoms with van der Waals surface area (Å²) < 4.78 is 17.6. The van der Waals surface area contributed by atoms with Crippen LogP contribution in [0.5, 0.6) is 0 Å². The molecule has 1 aromatic carbocycles. The number of carbonyl (C=O) groups is 1. The Bertz CT molecular complexity index is 355. The van der Waals surface area contributed by atoms with Crippen LogP contribution in [0.25, 0.3) is 5.57 Å². The van der Waals surface area contributed by atoms with Gasteiger partial charge in [-0.25, -0.2) is 4.79 Å². The Kier molecular flexibility index (Phi) is 3.40. The number of hydrogen-bond acceptors (Lipinski definition) is 2. The quantitative estimate of drug-likeness (QED) is 0.534. The molecule has 3 heteroatoms. The highest BCUT2D eigenvalue weighted by atomic mass is 19.1. The zero-order chi connectivity index (χ0) is 10.6. The van der Waals surface area contributed by atoms with Crippen molar-refractivity contribution in [2.75, 3.05) is 7.11 Å². The molecular formula is C11H11FO2. The van der Waals surface area contributed by atoms with Gasteiger partial charge in [0.15, 0.2) is 0 Å². The minimum Gasteiger partial charge on any atom is -0.464 e. The zero-order valence-electron chi connectivity index (χ0n) is 8.08. The highest BCUT2D eigenvalue weighted by molar-refractivity contribution is 5.94. The highest BCUT2D eigenvalue weighted by Crippen LogP contribution is 2.19. The fraction of sp³-hybridized carbons (Fsp3) is 0.182.